The summed E-state index contributed by atoms with van der Waals surface area (Å²) in [7, 11) is 2.79. The molecule has 7 rings (SSSR count). The Balaban J connectivity index is 1.21. The summed E-state index contributed by atoms with van der Waals surface area (Å²) in [5, 5.41) is 14.2. The highest BCUT2D eigenvalue weighted by Crippen LogP contribution is 2.52. The number of fused-ring (bicyclic) bond motifs is 1. The Labute approximate surface area is 349 Å². The summed E-state index contributed by atoms with van der Waals surface area (Å²) >= 11 is 0. The van der Waals surface area contributed by atoms with E-state index in [0.29, 0.717) is 23.2 Å². The number of aryl methyl sites for hydroxylation is 2. The van der Waals surface area contributed by atoms with E-state index in [4.69, 9.17) is 4.11 Å². The van der Waals surface area contributed by atoms with E-state index in [2.05, 4.69) is 30.6 Å². The molecular weight excluding hydrogens is 841 g/mol. The SMILES string of the molecule is [2H]C([2H])([2H])N(C(=O)[C@H]1C[C@@H]1c1ccc(-c2cnc3nn(C)cc3c2)nc1C(F)(F)F)[C@H](Cc1cnn(C(F)F)c1)C(=O)NC(C)(C)Cn1nc(C(F)(F)F)cc1-c1cc(F)c(=O)n(C)c1. The molecule has 2 amide bonds. The van der Waals surface area contributed by atoms with Gasteiger partial charge >= 0.3 is 18.9 Å². The van der Waals surface area contributed by atoms with Gasteiger partial charge in [0.2, 0.25) is 11.8 Å². The van der Waals surface area contributed by atoms with E-state index in [0.717, 1.165) is 41.0 Å². The number of alkyl halides is 8. The molecule has 1 aliphatic carbocycles. The minimum absolute atomic E-state index is 0.117. The molecule has 6 aromatic rings. The first-order chi connectivity index (χ1) is 30.1. The quantitative estimate of drug-likeness (QED) is 0.144. The molecule has 1 N–H and O–H groups in total. The number of carbonyl (C=O) groups excluding carboxylic acids is 2. The summed E-state index contributed by atoms with van der Waals surface area (Å²) in [5.41, 5.74) is -6.31. The van der Waals surface area contributed by atoms with Crippen molar-refractivity contribution in [3.05, 3.63) is 100 Å². The molecule has 1 fully saturated rings. The molecule has 0 radical (unpaired) electrons. The second-order valence-corrected chi connectivity index (χ2v) is 15.5. The molecule has 6 heterocycles. The standard InChI is InChI=1S/C39H36F9N11O3/c1-37(2,18-59-28(12-30(53-59)38(43,44)45)21-10-26(40)35(62)55(3)16-21)52-33(60)29(8-19-13-50-58(15-19)36(41)42)57(5)34(61)25-11-24(25)23-6-7-27(51-31(23)39(46,47)48)20-9-22-17-56(4)54-32(22)49-14-20/h6-7,9-10,12-17,24-25,29,36H,8,11,18H2,1-5H3,(H,52,60)/t24-,25+,29-/m1/s1/i5D3. The van der Waals surface area contributed by atoms with Gasteiger partial charge in [0.25, 0.3) is 5.56 Å². The molecule has 328 valence electrons. The van der Waals surface area contributed by atoms with E-state index in [1.54, 1.807) is 13.2 Å². The van der Waals surface area contributed by atoms with Crippen LogP contribution < -0.4 is 10.9 Å². The normalized spacial score (nSPS) is 17.2. The van der Waals surface area contributed by atoms with Crippen molar-refractivity contribution in [2.24, 2.45) is 20.0 Å². The van der Waals surface area contributed by atoms with Crippen LogP contribution in [0.25, 0.3) is 33.5 Å². The first kappa shape index (κ1) is 39.6. The molecule has 0 aromatic carbocycles. The number of carbonyl (C=O) groups is 2. The highest BCUT2D eigenvalue weighted by molar-refractivity contribution is 5.90. The monoisotopic (exact) mass is 880 g/mol. The molecule has 62 heavy (non-hydrogen) atoms. The molecule has 23 heteroatoms. The lowest BCUT2D eigenvalue weighted by atomic mass is 10.0. The van der Waals surface area contributed by atoms with Gasteiger partial charge in [-0.3, -0.25) is 23.7 Å². The fourth-order valence-electron chi connectivity index (χ4n) is 7.14. The van der Waals surface area contributed by atoms with Crippen LogP contribution in [0.15, 0.2) is 66.1 Å². The van der Waals surface area contributed by atoms with E-state index in [1.165, 1.54) is 36.9 Å². The van der Waals surface area contributed by atoms with Crippen molar-refractivity contribution < 1.29 is 53.2 Å². The third-order valence-corrected chi connectivity index (χ3v) is 10.1. The Morgan fingerprint density at radius 1 is 0.984 bits per heavy atom. The van der Waals surface area contributed by atoms with Gasteiger partial charge in [-0.1, -0.05) is 6.07 Å². The fraction of sp³-hybridized carbons (Fsp3) is 0.385. The maximum Gasteiger partial charge on any atom is 0.435 e. The van der Waals surface area contributed by atoms with Crippen LogP contribution >= 0.6 is 0 Å². The van der Waals surface area contributed by atoms with Gasteiger partial charge in [-0.25, -0.2) is 19.0 Å². The molecule has 0 spiro atoms. The number of hydrogen-bond acceptors (Lipinski definition) is 8. The van der Waals surface area contributed by atoms with Crippen LogP contribution in [-0.4, -0.2) is 79.1 Å². The van der Waals surface area contributed by atoms with Crippen LogP contribution in [0.3, 0.4) is 0 Å². The summed E-state index contributed by atoms with van der Waals surface area (Å²) in [6.45, 7) is -4.73. The number of amides is 2. The average Bonchev–Trinajstić information content (AvgIpc) is 3.44. The number of halogens is 9. The zero-order valence-corrected chi connectivity index (χ0v) is 32.8. The zero-order chi connectivity index (χ0) is 47.7. The van der Waals surface area contributed by atoms with Crippen LogP contribution in [0.5, 0.6) is 0 Å². The average molecular weight is 881 g/mol. The lowest BCUT2D eigenvalue weighted by Crippen LogP contribution is -2.56. The van der Waals surface area contributed by atoms with Gasteiger partial charge < -0.3 is 14.8 Å². The summed E-state index contributed by atoms with van der Waals surface area (Å²) in [6.07, 6.45) is -5.57. The lowest BCUT2D eigenvalue weighted by molar-refractivity contribution is -0.143. The topological polar surface area (TPSA) is 151 Å². The number of rotatable bonds is 12. The second-order valence-electron chi connectivity index (χ2n) is 15.5. The third-order valence-electron chi connectivity index (χ3n) is 10.1. The Morgan fingerprint density at radius 3 is 2.37 bits per heavy atom. The molecule has 0 bridgehead atoms. The molecule has 6 aromatic heterocycles. The predicted molar refractivity (Wildman–Crippen MR) is 201 cm³/mol. The maximum atomic E-state index is 14.7. The Morgan fingerprint density at radius 2 is 1.73 bits per heavy atom. The molecule has 1 saturated carbocycles. The Bertz CT molecular complexity index is 2840. The lowest BCUT2D eigenvalue weighted by Gasteiger charge is -2.33. The van der Waals surface area contributed by atoms with Gasteiger partial charge in [0.05, 0.1) is 29.7 Å². The molecule has 1 aliphatic rings. The molecule has 0 saturated heterocycles. The minimum atomic E-state index is -5.06. The molecule has 0 aliphatic heterocycles. The van der Waals surface area contributed by atoms with Gasteiger partial charge in [0, 0.05) is 78.8 Å². The number of nitrogens with one attached hydrogen (secondary N) is 1. The van der Waals surface area contributed by atoms with E-state index >= 15 is 0 Å². The molecule has 0 unspecified atom stereocenters. The van der Waals surface area contributed by atoms with E-state index in [1.807, 2.05) is 0 Å². The van der Waals surface area contributed by atoms with Crippen LogP contribution in [0.4, 0.5) is 39.5 Å². The van der Waals surface area contributed by atoms with Crippen molar-refractivity contribution >= 4 is 22.8 Å². The fourth-order valence-corrected chi connectivity index (χ4v) is 7.14. The summed E-state index contributed by atoms with van der Waals surface area (Å²) in [4.78, 5) is 48.9. The molecular formula is C39H36F9N11O3. The first-order valence-corrected chi connectivity index (χ1v) is 18.5. The van der Waals surface area contributed by atoms with Gasteiger partial charge in [-0.2, -0.15) is 50.4 Å². The van der Waals surface area contributed by atoms with Crippen LogP contribution in [0.1, 0.15) is 59.4 Å². The Kier molecular flexibility index (Phi) is 10.0. The number of pyridine rings is 3. The largest absolute Gasteiger partial charge is 0.435 e. The summed E-state index contributed by atoms with van der Waals surface area (Å²) in [6, 6.07) is 3.08. The highest BCUT2D eigenvalue weighted by atomic mass is 19.4. The number of nitrogens with zero attached hydrogens (tertiary/aromatic N) is 10. The maximum absolute atomic E-state index is 14.7. The molecule has 3 atom stereocenters. The van der Waals surface area contributed by atoms with Gasteiger partial charge in [0.1, 0.15) is 11.7 Å². The van der Waals surface area contributed by atoms with Crippen molar-refractivity contribution in [1.82, 2.24) is 54.1 Å². The van der Waals surface area contributed by atoms with E-state index < -0.39 is 102 Å². The number of hydrogen-bond donors (Lipinski definition) is 1. The van der Waals surface area contributed by atoms with Crippen molar-refractivity contribution in [1.29, 1.82) is 0 Å². The van der Waals surface area contributed by atoms with Crippen molar-refractivity contribution in [2.75, 3.05) is 6.98 Å². The zero-order valence-electron chi connectivity index (χ0n) is 35.8. The van der Waals surface area contributed by atoms with E-state index in [-0.39, 0.29) is 44.1 Å². The third kappa shape index (κ3) is 8.91. The van der Waals surface area contributed by atoms with Crippen LogP contribution in [-0.2, 0) is 49.0 Å². The summed E-state index contributed by atoms with van der Waals surface area (Å²) in [5.74, 6) is -6.54. The van der Waals surface area contributed by atoms with E-state index in [9.17, 15) is 53.9 Å². The minimum Gasteiger partial charge on any atom is -0.348 e. The van der Waals surface area contributed by atoms with Gasteiger partial charge in [-0.15, -0.1) is 0 Å². The molecule has 14 nitrogen and oxygen atoms in total. The second kappa shape index (κ2) is 15.7. The van der Waals surface area contributed by atoms with Crippen LogP contribution in [0.2, 0.25) is 0 Å². The van der Waals surface area contributed by atoms with Gasteiger partial charge in [0.15, 0.2) is 17.2 Å². The predicted octanol–water partition coefficient (Wildman–Crippen LogP) is 6.13. The highest BCUT2D eigenvalue weighted by Gasteiger charge is 2.51. The van der Waals surface area contributed by atoms with Crippen LogP contribution in [0, 0.1) is 11.7 Å². The van der Waals surface area contributed by atoms with Crippen molar-refractivity contribution in [2.45, 2.75) is 69.6 Å². The number of likely N-dealkylation sites (N-methyl/N-ethyl adjacent to an activating group) is 1. The smallest absolute Gasteiger partial charge is 0.348 e. The van der Waals surface area contributed by atoms with Crippen molar-refractivity contribution in [3.8, 4) is 22.5 Å². The van der Waals surface area contributed by atoms with Gasteiger partial charge in [-0.05, 0) is 61.6 Å². The Hall–Kier alpha value is -6.55. The number of aromatic nitrogens is 9. The first-order valence-electron chi connectivity index (χ1n) is 20.0. The summed E-state index contributed by atoms with van der Waals surface area (Å²) < 4.78 is 156. The van der Waals surface area contributed by atoms with Crippen molar-refractivity contribution in [3.63, 3.8) is 0 Å².